The summed E-state index contributed by atoms with van der Waals surface area (Å²) in [6.45, 7) is 0. The molecule has 2 aliphatic carbocycles. The van der Waals surface area contributed by atoms with Crippen molar-refractivity contribution in [1.82, 2.24) is 10.2 Å². The number of hydrogen-bond donors (Lipinski definition) is 2. The lowest BCUT2D eigenvalue weighted by atomic mass is 9.66. The zero-order valence-corrected chi connectivity index (χ0v) is 15.2. The molecule has 1 fully saturated rings. The van der Waals surface area contributed by atoms with Crippen LogP contribution in [-0.2, 0) is 11.0 Å². The Hall–Kier alpha value is -2.57. The van der Waals surface area contributed by atoms with Gasteiger partial charge in [-0.25, -0.2) is 0 Å². The van der Waals surface area contributed by atoms with Crippen LogP contribution >= 0.6 is 0 Å². The fraction of sp³-hybridized carbons (Fsp3) is 0.429. The number of alkyl halides is 3. The Morgan fingerprint density at radius 3 is 2.46 bits per heavy atom. The van der Waals surface area contributed by atoms with Gasteiger partial charge in [-0.2, -0.15) is 18.3 Å². The zero-order valence-electron chi connectivity index (χ0n) is 15.2. The molecule has 1 unspecified atom stereocenters. The second-order valence-electron chi connectivity index (χ2n) is 8.20. The quantitative estimate of drug-likeness (QED) is 0.710. The summed E-state index contributed by atoms with van der Waals surface area (Å²) in [7, 11) is 0. The zero-order chi connectivity index (χ0) is 19.5. The van der Waals surface area contributed by atoms with Crippen molar-refractivity contribution in [2.24, 2.45) is 5.41 Å². The van der Waals surface area contributed by atoms with E-state index in [0.717, 1.165) is 31.4 Å². The summed E-state index contributed by atoms with van der Waals surface area (Å²) in [6, 6.07) is 8.96. The molecule has 0 radical (unpaired) electrons. The molecule has 2 heterocycles. The van der Waals surface area contributed by atoms with Crippen LogP contribution in [0.1, 0.15) is 61.3 Å². The van der Waals surface area contributed by atoms with E-state index in [1.54, 1.807) is 24.3 Å². The van der Waals surface area contributed by atoms with Crippen LogP contribution in [0.15, 0.2) is 41.6 Å². The van der Waals surface area contributed by atoms with Crippen LogP contribution in [0.4, 0.5) is 19.0 Å². The number of fused-ring (bicyclic) bond motifs is 1. The third kappa shape index (κ3) is 2.59. The number of nitrogens with zero attached hydrogens (tertiary/aromatic N) is 1. The Labute approximate surface area is 160 Å². The highest BCUT2D eigenvalue weighted by Crippen LogP contribution is 2.55. The highest BCUT2D eigenvalue weighted by molar-refractivity contribution is 6.01. The van der Waals surface area contributed by atoms with E-state index in [1.807, 2.05) is 6.07 Å². The molecule has 2 N–H and O–H groups in total. The Morgan fingerprint density at radius 1 is 1.07 bits per heavy atom. The fourth-order valence-electron chi connectivity index (χ4n) is 5.27. The van der Waals surface area contributed by atoms with Gasteiger partial charge in [0.15, 0.2) is 11.6 Å². The van der Waals surface area contributed by atoms with Crippen molar-refractivity contribution in [3.8, 4) is 0 Å². The highest BCUT2D eigenvalue weighted by Gasteiger charge is 2.49. The second-order valence-corrected chi connectivity index (χ2v) is 8.20. The second kappa shape index (κ2) is 5.96. The van der Waals surface area contributed by atoms with E-state index in [0.29, 0.717) is 24.0 Å². The van der Waals surface area contributed by atoms with Gasteiger partial charge in [-0.1, -0.05) is 43.2 Å². The lowest BCUT2D eigenvalue weighted by Gasteiger charge is -2.40. The monoisotopic (exact) mass is 387 g/mol. The summed E-state index contributed by atoms with van der Waals surface area (Å²) in [6.07, 6.45) is 0.741. The number of rotatable bonds is 1. The summed E-state index contributed by atoms with van der Waals surface area (Å²) in [5.41, 5.74) is 0.992. The van der Waals surface area contributed by atoms with Crippen LogP contribution in [0, 0.1) is 5.41 Å². The van der Waals surface area contributed by atoms with E-state index in [1.165, 1.54) is 0 Å². The number of nitrogens with one attached hydrogen (secondary N) is 2. The Bertz CT molecular complexity index is 969. The number of carbonyl (C=O) groups is 1. The first-order valence-electron chi connectivity index (χ1n) is 9.62. The average molecular weight is 387 g/mol. The number of halogens is 3. The predicted molar refractivity (Wildman–Crippen MR) is 97.7 cm³/mol. The molecule has 1 saturated carbocycles. The Kier molecular flexibility index (Phi) is 3.73. The molecular weight excluding hydrogens is 367 g/mol. The summed E-state index contributed by atoms with van der Waals surface area (Å²) in [5, 5.41) is 9.18. The number of Topliss-reactive ketones (excluding diaryl/α,β-unsaturated/α-hetero) is 1. The molecule has 2 aromatic rings. The van der Waals surface area contributed by atoms with Crippen LogP contribution in [0.5, 0.6) is 0 Å². The minimum atomic E-state index is -4.57. The Morgan fingerprint density at radius 2 is 1.79 bits per heavy atom. The van der Waals surface area contributed by atoms with E-state index >= 15 is 0 Å². The van der Waals surface area contributed by atoms with Gasteiger partial charge < -0.3 is 5.32 Å². The summed E-state index contributed by atoms with van der Waals surface area (Å²) >= 11 is 0. The molecule has 1 atom stereocenters. The molecule has 0 amide bonds. The molecular formula is C21H20F3N3O. The third-order valence-electron chi connectivity index (χ3n) is 6.44. The number of anilines is 1. The molecule has 7 heteroatoms. The van der Waals surface area contributed by atoms with E-state index < -0.39 is 17.8 Å². The van der Waals surface area contributed by atoms with Crippen molar-refractivity contribution in [3.63, 3.8) is 0 Å². The first-order chi connectivity index (χ1) is 13.4. The van der Waals surface area contributed by atoms with Crippen molar-refractivity contribution in [1.29, 1.82) is 0 Å². The summed E-state index contributed by atoms with van der Waals surface area (Å²) < 4.78 is 41.0. The molecule has 5 rings (SSSR count). The van der Waals surface area contributed by atoms with Crippen LogP contribution in [-0.4, -0.2) is 16.0 Å². The molecule has 3 aliphatic rings. The normalized spacial score (nSPS) is 23.5. The maximum absolute atomic E-state index is 13.7. The van der Waals surface area contributed by atoms with E-state index in [4.69, 9.17) is 0 Å². The summed E-state index contributed by atoms with van der Waals surface area (Å²) in [4.78, 5) is 13.3. The molecule has 0 saturated heterocycles. The van der Waals surface area contributed by atoms with E-state index in [2.05, 4.69) is 15.5 Å². The fourth-order valence-corrected chi connectivity index (χ4v) is 5.27. The minimum absolute atomic E-state index is 0.0215. The largest absolute Gasteiger partial charge is 0.433 e. The van der Waals surface area contributed by atoms with E-state index in [9.17, 15) is 18.0 Å². The minimum Gasteiger partial charge on any atom is -0.342 e. The topological polar surface area (TPSA) is 57.8 Å². The highest BCUT2D eigenvalue weighted by atomic mass is 19.4. The molecule has 146 valence electrons. The number of ketones is 1. The number of aromatic amines is 1. The average Bonchev–Trinajstić information content (AvgIpc) is 3.27. The SMILES string of the molecule is O=C1CC2(CCCC2)CC2=C1C(c1ccccc1)c1c(n[nH]c1C(F)(F)F)N2. The first kappa shape index (κ1) is 17.5. The van der Waals surface area contributed by atoms with Crippen molar-refractivity contribution in [2.75, 3.05) is 5.32 Å². The standard InChI is InChI=1S/C21H20F3N3O/c22-21(23,24)18-17-15(12-6-2-1-3-7-12)16-13(25-19(17)27-26-18)10-20(11-14(16)28)8-4-5-9-20/h1-3,6-7,15H,4-5,8-11H2,(H2,25,26,27). The van der Waals surface area contributed by atoms with Gasteiger partial charge in [-0.05, 0) is 30.2 Å². The Balaban J connectivity index is 1.70. The smallest absolute Gasteiger partial charge is 0.342 e. The van der Waals surface area contributed by atoms with Crippen LogP contribution < -0.4 is 5.32 Å². The van der Waals surface area contributed by atoms with Crippen LogP contribution in [0.25, 0.3) is 0 Å². The van der Waals surface area contributed by atoms with Crippen LogP contribution in [0.2, 0.25) is 0 Å². The summed E-state index contributed by atoms with van der Waals surface area (Å²) in [5.74, 6) is -0.610. The first-order valence-corrected chi connectivity index (χ1v) is 9.62. The molecule has 0 bridgehead atoms. The number of aromatic nitrogens is 2. The maximum atomic E-state index is 13.7. The lowest BCUT2D eigenvalue weighted by Crippen LogP contribution is -2.35. The molecule has 28 heavy (non-hydrogen) atoms. The van der Waals surface area contributed by atoms with Crippen molar-refractivity contribution in [2.45, 2.75) is 50.6 Å². The van der Waals surface area contributed by atoms with Crippen molar-refractivity contribution >= 4 is 11.6 Å². The van der Waals surface area contributed by atoms with Gasteiger partial charge in [-0.3, -0.25) is 9.89 Å². The van der Waals surface area contributed by atoms with Gasteiger partial charge in [-0.15, -0.1) is 0 Å². The predicted octanol–water partition coefficient (Wildman–Crippen LogP) is 5.16. The van der Waals surface area contributed by atoms with Gasteiger partial charge in [0.1, 0.15) is 5.69 Å². The lowest BCUT2D eigenvalue weighted by molar-refractivity contribution is -0.142. The number of allylic oxidation sites excluding steroid dienone is 2. The van der Waals surface area contributed by atoms with Crippen molar-refractivity contribution < 1.29 is 18.0 Å². The van der Waals surface area contributed by atoms with Gasteiger partial charge in [0.05, 0.1) is 0 Å². The number of hydrogen-bond acceptors (Lipinski definition) is 3. The molecule has 4 nitrogen and oxygen atoms in total. The van der Waals surface area contributed by atoms with E-state index in [-0.39, 0.29) is 22.6 Å². The number of carbonyl (C=O) groups excluding carboxylic acids is 1. The molecule has 1 spiro atoms. The van der Waals surface area contributed by atoms with Gasteiger partial charge >= 0.3 is 6.18 Å². The molecule has 1 aromatic heterocycles. The van der Waals surface area contributed by atoms with Crippen LogP contribution in [0.3, 0.4) is 0 Å². The van der Waals surface area contributed by atoms with Gasteiger partial charge in [0.2, 0.25) is 0 Å². The van der Waals surface area contributed by atoms with Gasteiger partial charge in [0, 0.05) is 29.2 Å². The third-order valence-corrected chi connectivity index (χ3v) is 6.44. The van der Waals surface area contributed by atoms with Gasteiger partial charge in [0.25, 0.3) is 0 Å². The maximum Gasteiger partial charge on any atom is 0.433 e. The number of H-pyrrole nitrogens is 1. The number of benzene rings is 1. The molecule has 1 aromatic carbocycles. The molecule has 1 aliphatic heterocycles. The van der Waals surface area contributed by atoms with Crippen molar-refractivity contribution in [3.05, 3.63) is 58.4 Å².